The number of carboxylic acids is 1. The predicted molar refractivity (Wildman–Crippen MR) is 86.3 cm³/mol. The summed E-state index contributed by atoms with van der Waals surface area (Å²) >= 11 is 1.21. The predicted octanol–water partition coefficient (Wildman–Crippen LogP) is 3.97. The summed E-state index contributed by atoms with van der Waals surface area (Å²) in [6, 6.07) is 10.3. The number of hydrogen-bond acceptors (Lipinski definition) is 4. The zero-order valence-corrected chi connectivity index (χ0v) is 13.3. The molecule has 0 atom stereocenters. The van der Waals surface area contributed by atoms with Crippen LogP contribution >= 0.6 is 11.5 Å². The fourth-order valence-electron chi connectivity index (χ4n) is 2.18. The van der Waals surface area contributed by atoms with Crippen LogP contribution in [-0.2, 0) is 6.42 Å². The summed E-state index contributed by atoms with van der Waals surface area (Å²) < 4.78 is 4.14. The molecule has 0 aliphatic rings. The quantitative estimate of drug-likeness (QED) is 0.847. The van der Waals surface area contributed by atoms with Crippen molar-refractivity contribution in [2.24, 2.45) is 0 Å². The third-order valence-corrected chi connectivity index (χ3v) is 4.26. The van der Waals surface area contributed by atoms with E-state index in [1.54, 1.807) is 6.92 Å². The summed E-state index contributed by atoms with van der Waals surface area (Å²) in [5, 5.41) is 13.2. The first kappa shape index (κ1) is 15.5. The van der Waals surface area contributed by atoms with Crippen molar-refractivity contribution in [3.8, 4) is 0 Å². The molecule has 2 N–H and O–H groups in total. The van der Waals surface area contributed by atoms with Gasteiger partial charge in [-0.25, -0.2) is 4.79 Å². The minimum Gasteiger partial charge on any atom is -0.478 e. The van der Waals surface area contributed by atoms with E-state index in [0.29, 0.717) is 10.7 Å². The molecule has 0 unspecified atom stereocenters. The van der Waals surface area contributed by atoms with Gasteiger partial charge in [-0.2, -0.15) is 4.37 Å². The van der Waals surface area contributed by atoms with E-state index in [1.165, 1.54) is 17.1 Å². The Labute approximate surface area is 129 Å². The van der Waals surface area contributed by atoms with Crippen molar-refractivity contribution in [1.82, 2.24) is 4.37 Å². The van der Waals surface area contributed by atoms with Crippen LogP contribution in [0.1, 0.15) is 41.9 Å². The van der Waals surface area contributed by atoms with Gasteiger partial charge in [-0.15, -0.1) is 0 Å². The molecule has 0 aliphatic heterocycles. The highest BCUT2D eigenvalue weighted by molar-refractivity contribution is 7.10. The second-order valence-electron chi connectivity index (χ2n) is 5.77. The summed E-state index contributed by atoms with van der Waals surface area (Å²) in [6.07, 6.45) is 1.86. The normalized spacial score (nSPS) is 11.4. The standard InChI is InChI=1S/C16H20N2O2S/c1-11-13(15(19)20)14(21-18-11)17-16(2,3)10-9-12-7-5-4-6-8-12/h4-8,17H,9-10H2,1-3H3,(H,19,20). The SMILES string of the molecule is Cc1nsc(NC(C)(C)CCc2ccccc2)c1C(=O)O. The van der Waals surface area contributed by atoms with Crippen LogP contribution in [-0.4, -0.2) is 21.0 Å². The maximum Gasteiger partial charge on any atom is 0.340 e. The maximum absolute atomic E-state index is 11.3. The first-order valence-corrected chi connectivity index (χ1v) is 7.68. The summed E-state index contributed by atoms with van der Waals surface area (Å²) in [5.41, 5.74) is 1.94. The van der Waals surface area contributed by atoms with E-state index in [1.807, 2.05) is 18.2 Å². The second-order valence-corrected chi connectivity index (χ2v) is 6.55. The molecule has 1 heterocycles. The van der Waals surface area contributed by atoms with Crippen LogP contribution in [0.2, 0.25) is 0 Å². The number of aromatic carboxylic acids is 1. The zero-order valence-electron chi connectivity index (χ0n) is 12.5. The van der Waals surface area contributed by atoms with E-state index in [0.717, 1.165) is 12.8 Å². The van der Waals surface area contributed by atoms with Gasteiger partial charge < -0.3 is 10.4 Å². The third-order valence-electron chi connectivity index (χ3n) is 3.41. The van der Waals surface area contributed by atoms with Crippen molar-refractivity contribution in [2.45, 2.75) is 39.2 Å². The van der Waals surface area contributed by atoms with Crippen LogP contribution < -0.4 is 5.32 Å². The number of anilines is 1. The van der Waals surface area contributed by atoms with Gasteiger partial charge in [0.25, 0.3) is 0 Å². The van der Waals surface area contributed by atoms with Crippen LogP contribution in [0.25, 0.3) is 0 Å². The van der Waals surface area contributed by atoms with Gasteiger partial charge in [0, 0.05) is 5.54 Å². The van der Waals surface area contributed by atoms with E-state index >= 15 is 0 Å². The Bertz CT molecular complexity index is 620. The van der Waals surface area contributed by atoms with E-state index in [4.69, 9.17) is 0 Å². The molecule has 21 heavy (non-hydrogen) atoms. The fourth-order valence-corrected chi connectivity index (χ4v) is 3.15. The van der Waals surface area contributed by atoms with Gasteiger partial charge in [0.1, 0.15) is 10.6 Å². The Morgan fingerprint density at radius 1 is 1.33 bits per heavy atom. The molecule has 2 aromatic rings. The average molecular weight is 304 g/mol. The summed E-state index contributed by atoms with van der Waals surface area (Å²) in [5.74, 6) is -0.928. The van der Waals surface area contributed by atoms with E-state index < -0.39 is 5.97 Å². The number of benzene rings is 1. The van der Waals surface area contributed by atoms with Crippen molar-refractivity contribution in [3.63, 3.8) is 0 Å². The Hall–Kier alpha value is -1.88. The Balaban J connectivity index is 2.05. The highest BCUT2D eigenvalue weighted by Crippen LogP contribution is 2.29. The molecule has 0 saturated carbocycles. The lowest BCUT2D eigenvalue weighted by Gasteiger charge is -2.27. The van der Waals surface area contributed by atoms with Gasteiger partial charge in [0.15, 0.2) is 0 Å². The third kappa shape index (κ3) is 4.04. The summed E-state index contributed by atoms with van der Waals surface area (Å²) in [6.45, 7) is 5.88. The van der Waals surface area contributed by atoms with Crippen LogP contribution in [0.15, 0.2) is 30.3 Å². The van der Waals surface area contributed by atoms with Gasteiger partial charge >= 0.3 is 5.97 Å². The van der Waals surface area contributed by atoms with Crippen LogP contribution in [0.3, 0.4) is 0 Å². The lowest BCUT2D eigenvalue weighted by molar-refractivity contribution is 0.0697. The molecule has 2 rings (SSSR count). The van der Waals surface area contributed by atoms with E-state index in [2.05, 4.69) is 35.7 Å². The number of rotatable bonds is 6. The average Bonchev–Trinajstić information content (AvgIpc) is 2.78. The molecule has 5 heteroatoms. The largest absolute Gasteiger partial charge is 0.478 e. The van der Waals surface area contributed by atoms with Crippen LogP contribution in [0.4, 0.5) is 5.00 Å². The number of nitrogens with one attached hydrogen (secondary N) is 1. The van der Waals surface area contributed by atoms with Gasteiger partial charge in [-0.05, 0) is 50.7 Å². The number of hydrogen-bond donors (Lipinski definition) is 2. The van der Waals surface area contributed by atoms with Crippen molar-refractivity contribution in [2.75, 3.05) is 5.32 Å². The molecular weight excluding hydrogens is 284 g/mol. The Morgan fingerprint density at radius 3 is 2.62 bits per heavy atom. The second kappa shape index (κ2) is 6.26. The lowest BCUT2D eigenvalue weighted by atomic mass is 9.95. The van der Waals surface area contributed by atoms with Crippen molar-refractivity contribution in [3.05, 3.63) is 47.2 Å². The van der Waals surface area contributed by atoms with Gasteiger partial charge in [-0.3, -0.25) is 0 Å². The molecule has 0 fully saturated rings. The van der Waals surface area contributed by atoms with Crippen LogP contribution in [0, 0.1) is 6.92 Å². The number of carbonyl (C=O) groups is 1. The lowest BCUT2D eigenvalue weighted by Crippen LogP contribution is -2.31. The van der Waals surface area contributed by atoms with E-state index in [9.17, 15) is 9.90 Å². The number of aryl methyl sites for hydroxylation is 2. The van der Waals surface area contributed by atoms with Crippen molar-refractivity contribution < 1.29 is 9.90 Å². The maximum atomic E-state index is 11.3. The van der Waals surface area contributed by atoms with Crippen LogP contribution in [0.5, 0.6) is 0 Å². The first-order chi connectivity index (χ1) is 9.89. The first-order valence-electron chi connectivity index (χ1n) is 6.91. The molecule has 0 saturated heterocycles. The molecule has 0 spiro atoms. The monoisotopic (exact) mass is 304 g/mol. The molecular formula is C16H20N2O2S. The smallest absolute Gasteiger partial charge is 0.340 e. The summed E-state index contributed by atoms with van der Waals surface area (Å²) in [7, 11) is 0. The van der Waals surface area contributed by atoms with Gasteiger partial charge in [0.2, 0.25) is 0 Å². The highest BCUT2D eigenvalue weighted by Gasteiger charge is 2.24. The molecule has 4 nitrogen and oxygen atoms in total. The van der Waals surface area contributed by atoms with Gasteiger partial charge in [0.05, 0.1) is 5.69 Å². The number of nitrogens with zero attached hydrogens (tertiary/aromatic N) is 1. The van der Waals surface area contributed by atoms with Gasteiger partial charge in [-0.1, -0.05) is 30.3 Å². The fraction of sp³-hybridized carbons (Fsp3) is 0.375. The van der Waals surface area contributed by atoms with Crippen molar-refractivity contribution in [1.29, 1.82) is 0 Å². The molecule has 0 amide bonds. The minimum absolute atomic E-state index is 0.195. The molecule has 0 radical (unpaired) electrons. The minimum atomic E-state index is -0.928. The Kier molecular flexibility index (Phi) is 4.63. The number of carboxylic acid groups (broad SMARTS) is 1. The number of aromatic nitrogens is 1. The molecule has 0 bridgehead atoms. The zero-order chi connectivity index (χ0) is 15.5. The van der Waals surface area contributed by atoms with E-state index in [-0.39, 0.29) is 11.1 Å². The van der Waals surface area contributed by atoms with Crippen molar-refractivity contribution >= 4 is 22.5 Å². The molecule has 1 aromatic carbocycles. The Morgan fingerprint density at radius 2 is 2.00 bits per heavy atom. The summed E-state index contributed by atoms with van der Waals surface area (Å²) in [4.78, 5) is 11.3. The molecule has 112 valence electrons. The molecule has 1 aromatic heterocycles. The molecule has 0 aliphatic carbocycles. The highest BCUT2D eigenvalue weighted by atomic mass is 32.1. The topological polar surface area (TPSA) is 62.2 Å².